The zero-order valence-corrected chi connectivity index (χ0v) is 11.7. The minimum absolute atomic E-state index is 0.00938. The number of carbonyl (C=O) groups excluding carboxylic acids is 2. The highest BCUT2D eigenvalue weighted by atomic mass is 19.1. The first-order valence-corrected chi connectivity index (χ1v) is 6.17. The van der Waals surface area contributed by atoms with Crippen molar-refractivity contribution in [2.45, 2.75) is 26.4 Å². The van der Waals surface area contributed by atoms with Gasteiger partial charge in [-0.1, -0.05) is 0 Å². The molecule has 0 saturated carbocycles. The van der Waals surface area contributed by atoms with E-state index in [0.29, 0.717) is 0 Å². The number of nitrogens with one attached hydrogen (secondary N) is 1. The number of ether oxygens (including phenoxy) is 2. The van der Waals surface area contributed by atoms with Gasteiger partial charge >= 0.3 is 12.1 Å². The Morgan fingerprint density at radius 3 is 2.35 bits per heavy atom. The predicted molar refractivity (Wildman–Crippen MR) is 70.9 cm³/mol. The van der Waals surface area contributed by atoms with Crippen molar-refractivity contribution in [3.05, 3.63) is 35.6 Å². The molecule has 0 spiro atoms. The first-order chi connectivity index (χ1) is 9.28. The number of alkyl carbamates (subject to hydrolysis) is 1. The Hall–Kier alpha value is -2.11. The number of benzene rings is 1. The van der Waals surface area contributed by atoms with Crippen molar-refractivity contribution < 1.29 is 23.5 Å². The highest BCUT2D eigenvalue weighted by Gasteiger charge is 2.15. The van der Waals surface area contributed by atoms with Crippen LogP contribution in [0.4, 0.5) is 9.18 Å². The molecule has 1 amide bonds. The lowest BCUT2D eigenvalue weighted by Crippen LogP contribution is -2.34. The Morgan fingerprint density at radius 1 is 1.20 bits per heavy atom. The van der Waals surface area contributed by atoms with Crippen molar-refractivity contribution in [1.82, 2.24) is 5.32 Å². The Labute approximate surface area is 117 Å². The molecule has 0 heterocycles. The summed E-state index contributed by atoms with van der Waals surface area (Å²) in [5.74, 6) is -0.996. The fourth-order valence-corrected chi connectivity index (χ4v) is 1.28. The van der Waals surface area contributed by atoms with Gasteiger partial charge < -0.3 is 14.8 Å². The Bertz CT molecular complexity index is 465. The first-order valence-electron chi connectivity index (χ1n) is 6.17. The van der Waals surface area contributed by atoms with E-state index in [1.54, 1.807) is 20.8 Å². The normalized spacial score (nSPS) is 10.8. The van der Waals surface area contributed by atoms with Crippen LogP contribution in [0.15, 0.2) is 24.3 Å². The van der Waals surface area contributed by atoms with Crippen molar-refractivity contribution in [3.63, 3.8) is 0 Å². The second kappa shape index (κ2) is 6.88. The van der Waals surface area contributed by atoms with Crippen molar-refractivity contribution in [2.75, 3.05) is 13.2 Å². The van der Waals surface area contributed by atoms with Crippen LogP contribution < -0.4 is 5.32 Å². The van der Waals surface area contributed by atoms with Crippen molar-refractivity contribution in [2.24, 2.45) is 0 Å². The van der Waals surface area contributed by atoms with E-state index in [0.717, 1.165) is 0 Å². The van der Waals surface area contributed by atoms with E-state index >= 15 is 0 Å². The van der Waals surface area contributed by atoms with E-state index in [1.165, 1.54) is 24.3 Å². The van der Waals surface area contributed by atoms with Gasteiger partial charge in [-0.25, -0.2) is 14.0 Å². The summed E-state index contributed by atoms with van der Waals surface area (Å²) in [4.78, 5) is 22.8. The summed E-state index contributed by atoms with van der Waals surface area (Å²) in [5.41, 5.74) is -0.321. The maximum atomic E-state index is 12.7. The minimum Gasteiger partial charge on any atom is -0.460 e. The molecule has 1 rings (SSSR count). The molecule has 0 aliphatic rings. The second-order valence-electron chi connectivity index (χ2n) is 5.07. The van der Waals surface area contributed by atoms with Crippen LogP contribution in [0, 0.1) is 5.82 Å². The van der Waals surface area contributed by atoms with Crippen LogP contribution in [-0.4, -0.2) is 30.8 Å². The van der Waals surface area contributed by atoms with Crippen LogP contribution in [0.5, 0.6) is 0 Å². The third-order valence-electron chi connectivity index (χ3n) is 2.08. The monoisotopic (exact) mass is 283 g/mol. The summed E-state index contributed by atoms with van der Waals surface area (Å²) in [6.45, 7) is 5.40. The number of hydrogen-bond donors (Lipinski definition) is 1. The summed E-state index contributed by atoms with van der Waals surface area (Å²) >= 11 is 0. The van der Waals surface area contributed by atoms with Gasteiger partial charge in [-0.15, -0.1) is 0 Å². The largest absolute Gasteiger partial charge is 0.460 e. The summed E-state index contributed by atoms with van der Waals surface area (Å²) in [5, 5.41) is 2.46. The molecule has 0 aliphatic carbocycles. The van der Waals surface area contributed by atoms with Gasteiger partial charge in [0.15, 0.2) is 0 Å². The van der Waals surface area contributed by atoms with E-state index in [-0.39, 0.29) is 18.7 Å². The molecule has 1 aromatic rings. The number of esters is 1. The molecule has 1 aromatic carbocycles. The molecule has 0 aromatic heterocycles. The smallest absolute Gasteiger partial charge is 0.407 e. The Balaban J connectivity index is 2.26. The lowest BCUT2D eigenvalue weighted by atomic mass is 10.2. The van der Waals surface area contributed by atoms with E-state index in [2.05, 4.69) is 5.32 Å². The van der Waals surface area contributed by atoms with E-state index in [1.807, 2.05) is 0 Å². The van der Waals surface area contributed by atoms with Crippen LogP contribution >= 0.6 is 0 Å². The van der Waals surface area contributed by atoms with Crippen LogP contribution in [-0.2, 0) is 9.47 Å². The van der Waals surface area contributed by atoms with Gasteiger partial charge in [0.05, 0.1) is 12.1 Å². The molecule has 20 heavy (non-hydrogen) atoms. The van der Waals surface area contributed by atoms with Gasteiger partial charge in [-0.2, -0.15) is 0 Å². The maximum Gasteiger partial charge on any atom is 0.407 e. The molecular formula is C14H18FNO4. The van der Waals surface area contributed by atoms with Gasteiger partial charge in [-0.05, 0) is 45.0 Å². The number of amides is 1. The average molecular weight is 283 g/mol. The fraction of sp³-hybridized carbons (Fsp3) is 0.429. The molecule has 0 unspecified atom stereocenters. The molecule has 0 aliphatic heterocycles. The lowest BCUT2D eigenvalue weighted by Gasteiger charge is -2.19. The summed E-state index contributed by atoms with van der Waals surface area (Å²) in [6.07, 6.45) is -0.574. The molecular weight excluding hydrogens is 265 g/mol. The first kappa shape index (κ1) is 15.9. The highest BCUT2D eigenvalue weighted by molar-refractivity contribution is 5.89. The number of halogens is 1. The predicted octanol–water partition coefficient (Wildman–Crippen LogP) is 2.51. The SMILES string of the molecule is CC(C)(C)OC(=O)NCCOC(=O)c1ccc(F)cc1. The third-order valence-corrected chi connectivity index (χ3v) is 2.08. The second-order valence-corrected chi connectivity index (χ2v) is 5.07. The third kappa shape index (κ3) is 6.17. The Kier molecular flexibility index (Phi) is 5.49. The topological polar surface area (TPSA) is 64.6 Å². The molecule has 0 radical (unpaired) electrons. The number of hydrogen-bond acceptors (Lipinski definition) is 4. The molecule has 0 atom stereocenters. The standard InChI is InChI=1S/C14H18FNO4/c1-14(2,3)20-13(18)16-8-9-19-12(17)10-4-6-11(15)7-5-10/h4-7H,8-9H2,1-3H3,(H,16,18). The highest BCUT2D eigenvalue weighted by Crippen LogP contribution is 2.06. The van der Waals surface area contributed by atoms with E-state index in [9.17, 15) is 14.0 Å². The van der Waals surface area contributed by atoms with Gasteiger partial charge in [0, 0.05) is 0 Å². The summed E-state index contributed by atoms with van der Waals surface area (Å²) in [7, 11) is 0. The zero-order chi connectivity index (χ0) is 15.2. The van der Waals surface area contributed by atoms with Crippen LogP contribution in [0.1, 0.15) is 31.1 Å². The average Bonchev–Trinajstić information content (AvgIpc) is 2.33. The molecule has 6 heteroatoms. The quantitative estimate of drug-likeness (QED) is 0.681. The maximum absolute atomic E-state index is 12.7. The van der Waals surface area contributed by atoms with E-state index in [4.69, 9.17) is 9.47 Å². The van der Waals surface area contributed by atoms with Crippen LogP contribution in [0.25, 0.3) is 0 Å². The van der Waals surface area contributed by atoms with Crippen molar-refractivity contribution >= 4 is 12.1 Å². The zero-order valence-electron chi connectivity index (χ0n) is 11.7. The van der Waals surface area contributed by atoms with Gasteiger partial charge in [0.1, 0.15) is 18.0 Å². The van der Waals surface area contributed by atoms with Crippen molar-refractivity contribution in [1.29, 1.82) is 0 Å². The molecule has 0 fully saturated rings. The summed E-state index contributed by atoms with van der Waals surface area (Å²) in [6, 6.07) is 5.02. The molecule has 110 valence electrons. The van der Waals surface area contributed by atoms with Crippen molar-refractivity contribution in [3.8, 4) is 0 Å². The molecule has 0 bridgehead atoms. The molecule has 5 nitrogen and oxygen atoms in total. The fourth-order valence-electron chi connectivity index (χ4n) is 1.28. The summed E-state index contributed by atoms with van der Waals surface area (Å²) < 4.78 is 22.6. The molecule has 0 saturated heterocycles. The van der Waals surface area contributed by atoms with Crippen LogP contribution in [0.2, 0.25) is 0 Å². The van der Waals surface area contributed by atoms with Gasteiger partial charge in [-0.3, -0.25) is 0 Å². The molecule has 1 N–H and O–H groups in total. The van der Waals surface area contributed by atoms with Gasteiger partial charge in [0.25, 0.3) is 0 Å². The lowest BCUT2D eigenvalue weighted by molar-refractivity contribution is 0.0433. The van der Waals surface area contributed by atoms with Gasteiger partial charge in [0.2, 0.25) is 0 Å². The Morgan fingerprint density at radius 2 is 1.80 bits per heavy atom. The van der Waals surface area contributed by atoms with E-state index < -0.39 is 23.5 Å². The number of rotatable bonds is 4. The minimum atomic E-state index is -0.575. The number of carbonyl (C=O) groups is 2. The van der Waals surface area contributed by atoms with Crippen LogP contribution in [0.3, 0.4) is 0 Å².